The standard InChI is InChI=1S/C14H30N2O/c1-12(2)11-16(9-5-8-15)13-6-4-7-14(10-13)17-3/h12-14H,4-11,15H2,1-3H3. The number of methoxy groups -OCH3 is 1. The molecule has 0 aliphatic heterocycles. The fourth-order valence-electron chi connectivity index (χ4n) is 2.85. The van der Waals surface area contributed by atoms with E-state index in [2.05, 4.69) is 18.7 Å². The first-order valence-electron chi connectivity index (χ1n) is 7.14. The van der Waals surface area contributed by atoms with Crippen LogP contribution in [0.15, 0.2) is 0 Å². The summed E-state index contributed by atoms with van der Waals surface area (Å²) < 4.78 is 5.53. The van der Waals surface area contributed by atoms with Crippen LogP contribution in [-0.4, -0.2) is 43.8 Å². The molecule has 0 aromatic heterocycles. The molecule has 1 aliphatic rings. The zero-order chi connectivity index (χ0) is 12.7. The van der Waals surface area contributed by atoms with Crippen molar-refractivity contribution < 1.29 is 4.74 Å². The van der Waals surface area contributed by atoms with Crippen LogP contribution in [0.1, 0.15) is 46.0 Å². The van der Waals surface area contributed by atoms with Crippen LogP contribution in [0.3, 0.4) is 0 Å². The Morgan fingerprint density at radius 1 is 1.35 bits per heavy atom. The topological polar surface area (TPSA) is 38.5 Å². The summed E-state index contributed by atoms with van der Waals surface area (Å²) in [6, 6.07) is 0.711. The Labute approximate surface area is 107 Å². The minimum Gasteiger partial charge on any atom is -0.381 e. The number of hydrogen-bond acceptors (Lipinski definition) is 3. The van der Waals surface area contributed by atoms with Gasteiger partial charge in [-0.1, -0.05) is 13.8 Å². The molecule has 1 fully saturated rings. The summed E-state index contributed by atoms with van der Waals surface area (Å²) in [5.74, 6) is 0.732. The molecule has 0 radical (unpaired) electrons. The summed E-state index contributed by atoms with van der Waals surface area (Å²) in [5, 5.41) is 0. The molecule has 3 nitrogen and oxygen atoms in total. The van der Waals surface area contributed by atoms with Crippen molar-refractivity contribution >= 4 is 0 Å². The third-order valence-corrected chi connectivity index (χ3v) is 3.70. The van der Waals surface area contributed by atoms with Crippen molar-refractivity contribution in [2.24, 2.45) is 11.7 Å². The maximum absolute atomic E-state index is 5.64. The molecular weight excluding hydrogens is 212 g/mol. The Bertz CT molecular complexity index is 197. The molecule has 1 aliphatic carbocycles. The lowest BCUT2D eigenvalue weighted by Crippen LogP contribution is -2.43. The molecule has 0 spiro atoms. The zero-order valence-electron chi connectivity index (χ0n) is 11.8. The van der Waals surface area contributed by atoms with E-state index in [1.807, 2.05) is 7.11 Å². The van der Waals surface area contributed by atoms with Gasteiger partial charge < -0.3 is 10.5 Å². The molecule has 2 atom stereocenters. The lowest BCUT2D eigenvalue weighted by molar-refractivity contribution is 0.0245. The van der Waals surface area contributed by atoms with Gasteiger partial charge in [0.05, 0.1) is 6.10 Å². The Morgan fingerprint density at radius 2 is 2.12 bits per heavy atom. The lowest BCUT2D eigenvalue weighted by atomic mass is 9.91. The predicted octanol–water partition coefficient (Wildman–Crippen LogP) is 2.25. The Hall–Kier alpha value is -0.120. The molecule has 0 saturated heterocycles. The Balaban J connectivity index is 2.48. The fraction of sp³-hybridized carbons (Fsp3) is 1.00. The molecule has 0 heterocycles. The van der Waals surface area contributed by atoms with Crippen molar-refractivity contribution in [3.63, 3.8) is 0 Å². The van der Waals surface area contributed by atoms with E-state index >= 15 is 0 Å². The lowest BCUT2D eigenvalue weighted by Gasteiger charge is -2.38. The molecular formula is C14H30N2O. The first-order chi connectivity index (χ1) is 8.17. The molecule has 2 unspecified atom stereocenters. The SMILES string of the molecule is COC1CCCC(N(CCCN)CC(C)C)C1. The second-order valence-electron chi connectivity index (χ2n) is 5.71. The smallest absolute Gasteiger partial charge is 0.0586 e. The van der Waals surface area contributed by atoms with Gasteiger partial charge in [-0.15, -0.1) is 0 Å². The van der Waals surface area contributed by atoms with Gasteiger partial charge in [0.2, 0.25) is 0 Å². The summed E-state index contributed by atoms with van der Waals surface area (Å²) >= 11 is 0. The van der Waals surface area contributed by atoms with Crippen LogP contribution >= 0.6 is 0 Å². The summed E-state index contributed by atoms with van der Waals surface area (Å²) in [5.41, 5.74) is 5.64. The highest BCUT2D eigenvalue weighted by Crippen LogP contribution is 2.25. The minimum absolute atomic E-state index is 0.473. The van der Waals surface area contributed by atoms with Gasteiger partial charge in [0.25, 0.3) is 0 Å². The van der Waals surface area contributed by atoms with Gasteiger partial charge in [-0.3, -0.25) is 4.90 Å². The van der Waals surface area contributed by atoms with E-state index in [-0.39, 0.29) is 0 Å². The van der Waals surface area contributed by atoms with Crippen LogP contribution < -0.4 is 5.73 Å². The average molecular weight is 242 g/mol. The molecule has 17 heavy (non-hydrogen) atoms. The molecule has 3 heteroatoms. The highest BCUT2D eigenvalue weighted by molar-refractivity contribution is 4.81. The molecule has 0 bridgehead atoms. The molecule has 2 N–H and O–H groups in total. The van der Waals surface area contributed by atoms with Gasteiger partial charge in [-0.05, 0) is 51.1 Å². The monoisotopic (exact) mass is 242 g/mol. The number of ether oxygens (including phenoxy) is 1. The van der Waals surface area contributed by atoms with Crippen molar-refractivity contribution in [3.05, 3.63) is 0 Å². The van der Waals surface area contributed by atoms with Gasteiger partial charge in [-0.25, -0.2) is 0 Å². The van der Waals surface area contributed by atoms with Gasteiger partial charge >= 0.3 is 0 Å². The van der Waals surface area contributed by atoms with Crippen LogP contribution in [0.2, 0.25) is 0 Å². The Morgan fingerprint density at radius 3 is 2.71 bits per heavy atom. The highest BCUT2D eigenvalue weighted by Gasteiger charge is 2.26. The summed E-state index contributed by atoms with van der Waals surface area (Å²) in [6.07, 6.45) is 6.66. The molecule has 0 aromatic carbocycles. The van der Waals surface area contributed by atoms with Crippen LogP contribution in [0.5, 0.6) is 0 Å². The van der Waals surface area contributed by atoms with Crippen molar-refractivity contribution in [2.75, 3.05) is 26.7 Å². The third kappa shape index (κ3) is 5.36. The Kier molecular flexibility index (Phi) is 7.09. The molecule has 1 saturated carbocycles. The number of nitrogens with zero attached hydrogens (tertiary/aromatic N) is 1. The third-order valence-electron chi connectivity index (χ3n) is 3.70. The maximum Gasteiger partial charge on any atom is 0.0586 e. The van der Waals surface area contributed by atoms with Crippen LogP contribution in [0.25, 0.3) is 0 Å². The summed E-state index contributed by atoms with van der Waals surface area (Å²) in [6.45, 7) is 7.74. The minimum atomic E-state index is 0.473. The van der Waals surface area contributed by atoms with E-state index in [0.717, 1.165) is 25.4 Å². The van der Waals surface area contributed by atoms with E-state index < -0.39 is 0 Å². The van der Waals surface area contributed by atoms with Gasteiger partial charge in [-0.2, -0.15) is 0 Å². The van der Waals surface area contributed by atoms with E-state index in [9.17, 15) is 0 Å². The van der Waals surface area contributed by atoms with Crippen molar-refractivity contribution in [3.8, 4) is 0 Å². The van der Waals surface area contributed by atoms with Crippen LogP contribution in [0.4, 0.5) is 0 Å². The fourth-order valence-corrected chi connectivity index (χ4v) is 2.85. The van der Waals surface area contributed by atoms with Gasteiger partial charge in [0.1, 0.15) is 0 Å². The molecule has 102 valence electrons. The molecule has 0 amide bonds. The normalized spacial score (nSPS) is 25.8. The first kappa shape index (κ1) is 14.9. The number of rotatable bonds is 7. The average Bonchev–Trinajstić information content (AvgIpc) is 2.34. The zero-order valence-corrected chi connectivity index (χ0v) is 11.8. The van der Waals surface area contributed by atoms with Crippen LogP contribution in [0, 0.1) is 5.92 Å². The second kappa shape index (κ2) is 8.06. The van der Waals surface area contributed by atoms with E-state index in [1.165, 1.54) is 32.2 Å². The summed E-state index contributed by atoms with van der Waals surface area (Å²) in [4.78, 5) is 2.64. The molecule has 0 aromatic rings. The second-order valence-corrected chi connectivity index (χ2v) is 5.71. The largest absolute Gasteiger partial charge is 0.381 e. The van der Waals surface area contributed by atoms with Crippen molar-refractivity contribution in [2.45, 2.75) is 58.1 Å². The number of hydrogen-bond donors (Lipinski definition) is 1. The van der Waals surface area contributed by atoms with Gasteiger partial charge in [0, 0.05) is 19.7 Å². The first-order valence-corrected chi connectivity index (χ1v) is 7.14. The van der Waals surface area contributed by atoms with Crippen molar-refractivity contribution in [1.82, 2.24) is 4.90 Å². The number of nitrogens with two attached hydrogens (primary N) is 1. The van der Waals surface area contributed by atoms with Crippen molar-refractivity contribution in [1.29, 1.82) is 0 Å². The quantitative estimate of drug-likeness (QED) is 0.744. The summed E-state index contributed by atoms with van der Waals surface area (Å²) in [7, 11) is 1.85. The van der Waals surface area contributed by atoms with E-state index in [0.29, 0.717) is 12.1 Å². The van der Waals surface area contributed by atoms with Gasteiger partial charge in [0.15, 0.2) is 0 Å². The maximum atomic E-state index is 5.64. The van der Waals surface area contributed by atoms with E-state index in [4.69, 9.17) is 10.5 Å². The van der Waals surface area contributed by atoms with Crippen LogP contribution in [-0.2, 0) is 4.74 Å². The van der Waals surface area contributed by atoms with E-state index in [1.54, 1.807) is 0 Å². The highest BCUT2D eigenvalue weighted by atomic mass is 16.5. The molecule has 1 rings (SSSR count). The predicted molar refractivity (Wildman–Crippen MR) is 73.1 cm³/mol.